The summed E-state index contributed by atoms with van der Waals surface area (Å²) in [5, 5.41) is 0. The molecule has 0 radical (unpaired) electrons. The van der Waals surface area contributed by atoms with Gasteiger partial charge < -0.3 is 0 Å². The molecule has 0 spiro atoms. The molecule has 5 rings (SSSR count). The SMILES string of the molecule is CC1=CC(=O)N(c2ccc(C(=O)Cc3ccc(C)c(Cc4nccc(-c5cccnc5)n4)c3)cc2)C1=O. The summed E-state index contributed by atoms with van der Waals surface area (Å²) in [5.41, 5.74) is 6.15. The Labute approximate surface area is 214 Å². The first-order valence-corrected chi connectivity index (χ1v) is 11.9. The van der Waals surface area contributed by atoms with Gasteiger partial charge in [0.25, 0.3) is 11.8 Å². The van der Waals surface area contributed by atoms with E-state index < -0.39 is 0 Å². The second-order valence-electron chi connectivity index (χ2n) is 8.99. The summed E-state index contributed by atoms with van der Waals surface area (Å²) in [6.45, 7) is 3.64. The van der Waals surface area contributed by atoms with Crippen LogP contribution < -0.4 is 4.90 Å². The number of nitrogens with zero attached hydrogens (tertiary/aromatic N) is 4. The zero-order chi connectivity index (χ0) is 25.9. The van der Waals surface area contributed by atoms with Gasteiger partial charge in [0.1, 0.15) is 5.82 Å². The molecule has 0 fully saturated rings. The molecular weight excluding hydrogens is 464 g/mol. The molecule has 0 aliphatic carbocycles. The van der Waals surface area contributed by atoms with Gasteiger partial charge in [-0.1, -0.05) is 18.2 Å². The number of aromatic nitrogens is 3. The molecule has 4 aromatic rings. The van der Waals surface area contributed by atoms with Crippen LogP contribution in [0.5, 0.6) is 0 Å². The van der Waals surface area contributed by atoms with Crippen molar-refractivity contribution in [1.82, 2.24) is 15.0 Å². The van der Waals surface area contributed by atoms with Crippen molar-refractivity contribution in [1.29, 1.82) is 0 Å². The van der Waals surface area contributed by atoms with Gasteiger partial charge in [-0.15, -0.1) is 0 Å². The smallest absolute Gasteiger partial charge is 0.261 e. The van der Waals surface area contributed by atoms with Crippen LogP contribution >= 0.6 is 0 Å². The molecule has 0 unspecified atom stereocenters. The summed E-state index contributed by atoms with van der Waals surface area (Å²) in [7, 11) is 0. The number of anilines is 1. The number of imide groups is 1. The van der Waals surface area contributed by atoms with E-state index in [1.807, 2.05) is 43.3 Å². The number of ketones is 1. The molecule has 0 N–H and O–H groups in total. The lowest BCUT2D eigenvalue weighted by molar-refractivity contribution is -0.120. The van der Waals surface area contributed by atoms with Crippen molar-refractivity contribution in [3.8, 4) is 11.3 Å². The highest BCUT2D eigenvalue weighted by Crippen LogP contribution is 2.24. The van der Waals surface area contributed by atoms with Gasteiger partial charge in [0.05, 0.1) is 11.4 Å². The summed E-state index contributed by atoms with van der Waals surface area (Å²) in [4.78, 5) is 51.7. The summed E-state index contributed by atoms with van der Waals surface area (Å²) in [5.74, 6) is -0.0706. The first-order valence-electron chi connectivity index (χ1n) is 11.9. The normalized spacial score (nSPS) is 13.1. The third kappa shape index (κ3) is 5.11. The fraction of sp³-hybridized carbons (Fsp3) is 0.133. The number of hydrogen-bond donors (Lipinski definition) is 0. The van der Waals surface area contributed by atoms with Gasteiger partial charge >= 0.3 is 0 Å². The average molecular weight is 489 g/mol. The molecule has 2 amide bonds. The van der Waals surface area contributed by atoms with E-state index in [2.05, 4.69) is 9.97 Å². The van der Waals surface area contributed by atoms with Gasteiger partial charge in [-0.2, -0.15) is 0 Å². The lowest BCUT2D eigenvalue weighted by atomic mass is 9.97. The van der Waals surface area contributed by atoms with E-state index in [0.717, 1.165) is 32.8 Å². The number of amides is 2. The number of pyridine rings is 1. The zero-order valence-corrected chi connectivity index (χ0v) is 20.5. The lowest BCUT2D eigenvalue weighted by Gasteiger charge is -2.14. The predicted octanol–water partition coefficient (Wildman–Crippen LogP) is 4.68. The largest absolute Gasteiger partial charge is 0.294 e. The van der Waals surface area contributed by atoms with E-state index in [9.17, 15) is 14.4 Å². The zero-order valence-electron chi connectivity index (χ0n) is 20.5. The minimum absolute atomic E-state index is 0.0513. The second kappa shape index (κ2) is 10.1. The number of aryl methyl sites for hydroxylation is 1. The highest BCUT2D eigenvalue weighted by atomic mass is 16.2. The molecule has 0 saturated heterocycles. The Morgan fingerprint density at radius 1 is 0.946 bits per heavy atom. The van der Waals surface area contributed by atoms with Crippen LogP contribution in [0.2, 0.25) is 0 Å². The standard InChI is InChI=1S/C30H24N4O3/c1-19-5-6-21(15-24(19)17-28-32-13-11-26(33-28)23-4-3-12-31-18-23)16-27(35)22-7-9-25(10-8-22)34-29(36)14-20(2)30(34)37/h3-15,18H,16-17H2,1-2H3. The third-order valence-corrected chi connectivity index (χ3v) is 6.34. The molecule has 182 valence electrons. The quantitative estimate of drug-likeness (QED) is 0.277. The predicted molar refractivity (Wildman–Crippen MR) is 140 cm³/mol. The number of carbonyl (C=O) groups is 3. The number of hydrogen-bond acceptors (Lipinski definition) is 6. The van der Waals surface area contributed by atoms with E-state index in [4.69, 9.17) is 4.98 Å². The van der Waals surface area contributed by atoms with Gasteiger partial charge in [0.15, 0.2) is 5.78 Å². The maximum absolute atomic E-state index is 13.0. The van der Waals surface area contributed by atoms with Crippen LogP contribution in [-0.2, 0) is 22.4 Å². The van der Waals surface area contributed by atoms with Crippen molar-refractivity contribution in [2.45, 2.75) is 26.7 Å². The van der Waals surface area contributed by atoms with E-state index in [1.54, 1.807) is 49.8 Å². The van der Waals surface area contributed by atoms with Crippen molar-refractivity contribution in [3.05, 3.63) is 119 Å². The average Bonchev–Trinajstić information content (AvgIpc) is 3.17. The minimum Gasteiger partial charge on any atom is -0.294 e. The molecule has 1 aliphatic rings. The molecule has 2 aromatic carbocycles. The number of benzene rings is 2. The fourth-order valence-corrected chi connectivity index (χ4v) is 4.27. The van der Waals surface area contributed by atoms with E-state index in [1.165, 1.54) is 6.08 Å². The van der Waals surface area contributed by atoms with Crippen LogP contribution in [0.4, 0.5) is 5.69 Å². The molecule has 3 heterocycles. The molecule has 0 saturated carbocycles. The van der Waals surface area contributed by atoms with Crippen molar-refractivity contribution in [2.75, 3.05) is 4.90 Å². The summed E-state index contributed by atoms with van der Waals surface area (Å²) in [6, 6.07) is 18.2. The van der Waals surface area contributed by atoms with Gasteiger partial charge in [0, 0.05) is 54.2 Å². The van der Waals surface area contributed by atoms with E-state index in [-0.39, 0.29) is 24.0 Å². The van der Waals surface area contributed by atoms with Gasteiger partial charge in [-0.05, 0) is 73.0 Å². The first-order chi connectivity index (χ1) is 17.9. The first kappa shape index (κ1) is 23.9. The third-order valence-electron chi connectivity index (χ3n) is 6.34. The molecule has 7 heteroatoms. The Bertz CT molecular complexity index is 1540. The van der Waals surface area contributed by atoms with Crippen molar-refractivity contribution in [3.63, 3.8) is 0 Å². The Balaban J connectivity index is 1.30. The molecule has 37 heavy (non-hydrogen) atoms. The van der Waals surface area contributed by atoms with Gasteiger partial charge in [-0.3, -0.25) is 19.4 Å². The lowest BCUT2D eigenvalue weighted by Crippen LogP contribution is -2.30. The van der Waals surface area contributed by atoms with Crippen LogP contribution in [0.1, 0.15) is 39.8 Å². The Morgan fingerprint density at radius 3 is 2.46 bits per heavy atom. The number of Topliss-reactive ketones (excluding diaryl/α,β-unsaturated/α-hetero) is 1. The van der Waals surface area contributed by atoms with Crippen LogP contribution in [0.3, 0.4) is 0 Å². The van der Waals surface area contributed by atoms with Crippen molar-refractivity contribution in [2.24, 2.45) is 0 Å². The Hall–Kier alpha value is -4.78. The fourth-order valence-electron chi connectivity index (χ4n) is 4.27. The maximum Gasteiger partial charge on any atom is 0.261 e. The van der Waals surface area contributed by atoms with Crippen LogP contribution in [0.15, 0.2) is 90.9 Å². The summed E-state index contributed by atoms with van der Waals surface area (Å²) in [6.07, 6.45) is 7.33. The van der Waals surface area contributed by atoms with Crippen LogP contribution in [0, 0.1) is 6.92 Å². The summed E-state index contributed by atoms with van der Waals surface area (Å²) < 4.78 is 0. The molecular formula is C30H24N4O3. The molecule has 1 aliphatic heterocycles. The maximum atomic E-state index is 13.0. The topological polar surface area (TPSA) is 93.1 Å². The minimum atomic E-state index is -0.372. The van der Waals surface area contributed by atoms with E-state index >= 15 is 0 Å². The molecule has 0 bridgehead atoms. The number of rotatable bonds is 7. The van der Waals surface area contributed by atoms with Crippen molar-refractivity contribution < 1.29 is 14.4 Å². The second-order valence-corrected chi connectivity index (χ2v) is 8.99. The van der Waals surface area contributed by atoms with Gasteiger partial charge in [0.2, 0.25) is 0 Å². The van der Waals surface area contributed by atoms with Crippen molar-refractivity contribution >= 4 is 23.3 Å². The Morgan fingerprint density at radius 2 is 1.76 bits per heavy atom. The Kier molecular flexibility index (Phi) is 6.51. The molecule has 7 nitrogen and oxygen atoms in total. The van der Waals surface area contributed by atoms with E-state index in [0.29, 0.717) is 29.1 Å². The molecule has 2 aromatic heterocycles. The van der Waals surface area contributed by atoms with Crippen LogP contribution in [-0.4, -0.2) is 32.5 Å². The monoisotopic (exact) mass is 488 g/mol. The highest BCUT2D eigenvalue weighted by molar-refractivity contribution is 6.30. The highest BCUT2D eigenvalue weighted by Gasteiger charge is 2.29. The molecule has 0 atom stereocenters. The number of carbonyl (C=O) groups excluding carboxylic acids is 3. The van der Waals surface area contributed by atoms with Crippen LogP contribution in [0.25, 0.3) is 11.3 Å². The summed E-state index contributed by atoms with van der Waals surface area (Å²) >= 11 is 0. The van der Waals surface area contributed by atoms with Gasteiger partial charge in [-0.25, -0.2) is 14.9 Å².